The Bertz CT molecular complexity index is 809. The van der Waals surface area contributed by atoms with Gasteiger partial charge in [0.05, 0.1) is 5.56 Å². The average molecular weight is 373 g/mol. The summed E-state index contributed by atoms with van der Waals surface area (Å²) in [6.45, 7) is 0. The molecule has 0 bridgehead atoms. The Morgan fingerprint density at radius 1 is 1.24 bits per heavy atom. The van der Waals surface area contributed by atoms with Crippen molar-refractivity contribution in [3.8, 4) is 0 Å². The molecule has 1 aromatic carbocycles. The molecular weight excluding hydrogens is 360 g/mol. The molecule has 0 radical (unpaired) electrons. The van der Waals surface area contributed by atoms with Crippen molar-refractivity contribution in [3.05, 3.63) is 64.2 Å². The lowest BCUT2D eigenvalue weighted by molar-refractivity contribution is -0.138. The lowest BCUT2D eigenvalue weighted by Gasteiger charge is -2.37. The highest BCUT2D eigenvalue weighted by atomic mass is 35.5. The number of alkyl halides is 3. The number of pyridine rings is 1. The first-order chi connectivity index (χ1) is 11.8. The summed E-state index contributed by atoms with van der Waals surface area (Å²) >= 11 is 5.72. The molecule has 1 saturated carbocycles. The molecule has 0 unspecified atom stereocenters. The van der Waals surface area contributed by atoms with E-state index in [1.165, 1.54) is 18.2 Å². The van der Waals surface area contributed by atoms with Crippen LogP contribution in [0.25, 0.3) is 0 Å². The molecule has 2 atom stereocenters. The van der Waals surface area contributed by atoms with Crippen LogP contribution in [0.15, 0.2) is 36.5 Å². The molecular formula is C17H13ClF4N2O. The standard InChI is InChI=1S/C17H13ClF4N2O/c18-9-3-4-10(13(19)8-9)11-5-6-14(11)24-16(25)15-12(17(20,21)22)2-1-7-23-15/h1-4,7-8,11,14H,5-6H2,(H,24,25)/t11-,14-/m1/s1. The summed E-state index contributed by atoms with van der Waals surface area (Å²) in [4.78, 5) is 15.8. The molecule has 1 N–H and O–H groups in total. The normalized spacial score (nSPS) is 20.0. The van der Waals surface area contributed by atoms with Crippen LogP contribution in [0.3, 0.4) is 0 Å². The second kappa shape index (κ2) is 6.63. The fourth-order valence-electron chi connectivity index (χ4n) is 2.90. The van der Waals surface area contributed by atoms with Crippen molar-refractivity contribution >= 4 is 17.5 Å². The van der Waals surface area contributed by atoms with Crippen LogP contribution in [-0.2, 0) is 6.18 Å². The van der Waals surface area contributed by atoms with Crippen molar-refractivity contribution in [2.75, 3.05) is 0 Å². The van der Waals surface area contributed by atoms with Crippen LogP contribution < -0.4 is 5.32 Å². The van der Waals surface area contributed by atoms with E-state index < -0.39 is 35.2 Å². The Morgan fingerprint density at radius 2 is 2.00 bits per heavy atom. The molecule has 3 rings (SSSR count). The second-order valence-electron chi connectivity index (χ2n) is 5.83. The molecule has 3 nitrogen and oxygen atoms in total. The Labute approximate surface area is 146 Å². The Morgan fingerprint density at radius 3 is 2.60 bits per heavy atom. The predicted molar refractivity (Wildman–Crippen MR) is 83.9 cm³/mol. The van der Waals surface area contributed by atoms with Crippen LogP contribution in [0.5, 0.6) is 0 Å². The van der Waals surface area contributed by atoms with Gasteiger partial charge in [-0.1, -0.05) is 17.7 Å². The van der Waals surface area contributed by atoms with Gasteiger partial charge in [0.2, 0.25) is 0 Å². The molecule has 1 aliphatic rings. The maximum Gasteiger partial charge on any atom is 0.418 e. The number of aromatic nitrogens is 1. The van der Waals surface area contributed by atoms with Crippen molar-refractivity contribution in [1.29, 1.82) is 0 Å². The molecule has 1 aliphatic carbocycles. The molecule has 2 aromatic rings. The summed E-state index contributed by atoms with van der Waals surface area (Å²) in [5.74, 6) is -1.72. The van der Waals surface area contributed by atoms with E-state index in [1.807, 2.05) is 0 Å². The van der Waals surface area contributed by atoms with Gasteiger partial charge < -0.3 is 5.32 Å². The van der Waals surface area contributed by atoms with Gasteiger partial charge in [0.1, 0.15) is 11.5 Å². The zero-order valence-corrected chi connectivity index (χ0v) is 13.5. The molecule has 1 aromatic heterocycles. The van der Waals surface area contributed by atoms with E-state index in [2.05, 4.69) is 10.3 Å². The van der Waals surface area contributed by atoms with Gasteiger partial charge in [-0.05, 0) is 42.7 Å². The van der Waals surface area contributed by atoms with Crippen LogP contribution >= 0.6 is 11.6 Å². The number of nitrogens with one attached hydrogen (secondary N) is 1. The Balaban J connectivity index is 1.78. The highest BCUT2D eigenvalue weighted by Gasteiger charge is 2.39. The van der Waals surface area contributed by atoms with E-state index in [-0.39, 0.29) is 10.9 Å². The van der Waals surface area contributed by atoms with Gasteiger partial charge in [0.15, 0.2) is 0 Å². The zero-order chi connectivity index (χ0) is 18.2. The Kier molecular flexibility index (Phi) is 4.69. The van der Waals surface area contributed by atoms with Crippen LogP contribution in [0.1, 0.15) is 40.4 Å². The van der Waals surface area contributed by atoms with E-state index in [4.69, 9.17) is 11.6 Å². The van der Waals surface area contributed by atoms with E-state index in [0.29, 0.717) is 18.4 Å². The van der Waals surface area contributed by atoms with Crippen molar-refractivity contribution in [3.63, 3.8) is 0 Å². The zero-order valence-electron chi connectivity index (χ0n) is 12.8. The van der Waals surface area contributed by atoms with Gasteiger partial charge in [-0.25, -0.2) is 4.39 Å². The second-order valence-corrected chi connectivity index (χ2v) is 6.26. The van der Waals surface area contributed by atoms with Gasteiger partial charge in [0.25, 0.3) is 5.91 Å². The van der Waals surface area contributed by atoms with E-state index in [1.54, 1.807) is 0 Å². The van der Waals surface area contributed by atoms with Crippen molar-refractivity contribution in [2.45, 2.75) is 31.0 Å². The summed E-state index contributed by atoms with van der Waals surface area (Å²) < 4.78 is 53.0. The van der Waals surface area contributed by atoms with Crippen LogP contribution in [-0.4, -0.2) is 16.9 Å². The first kappa shape index (κ1) is 17.7. The number of carbonyl (C=O) groups excluding carboxylic acids is 1. The summed E-state index contributed by atoms with van der Waals surface area (Å²) in [7, 11) is 0. The van der Waals surface area contributed by atoms with Crippen LogP contribution in [0, 0.1) is 5.82 Å². The number of carbonyl (C=O) groups is 1. The lowest BCUT2D eigenvalue weighted by atomic mass is 9.74. The monoisotopic (exact) mass is 372 g/mol. The van der Waals surface area contributed by atoms with Crippen molar-refractivity contribution in [2.24, 2.45) is 0 Å². The van der Waals surface area contributed by atoms with Gasteiger partial charge in [-0.3, -0.25) is 9.78 Å². The minimum absolute atomic E-state index is 0.254. The first-order valence-electron chi connectivity index (χ1n) is 7.55. The average Bonchev–Trinajstić information content (AvgIpc) is 2.53. The van der Waals surface area contributed by atoms with Gasteiger partial charge in [-0.2, -0.15) is 13.2 Å². The number of hydrogen-bond donors (Lipinski definition) is 1. The minimum atomic E-state index is -4.68. The molecule has 0 spiro atoms. The predicted octanol–water partition coefficient (Wildman–Crippen LogP) is 4.57. The summed E-state index contributed by atoms with van der Waals surface area (Å²) in [5.41, 5.74) is -1.39. The van der Waals surface area contributed by atoms with Crippen LogP contribution in [0.4, 0.5) is 17.6 Å². The van der Waals surface area contributed by atoms with Crippen LogP contribution in [0.2, 0.25) is 5.02 Å². The van der Waals surface area contributed by atoms with Crippen molar-refractivity contribution < 1.29 is 22.4 Å². The summed E-state index contributed by atoms with van der Waals surface area (Å²) in [6, 6.07) is 5.72. The fraction of sp³-hybridized carbons (Fsp3) is 0.294. The molecule has 1 fully saturated rings. The summed E-state index contributed by atoms with van der Waals surface area (Å²) in [5, 5.41) is 2.79. The maximum atomic E-state index is 14.0. The number of amides is 1. The lowest BCUT2D eigenvalue weighted by Crippen LogP contribution is -2.46. The van der Waals surface area contributed by atoms with Crippen molar-refractivity contribution in [1.82, 2.24) is 10.3 Å². The Hall–Kier alpha value is -2.15. The van der Waals surface area contributed by atoms with E-state index >= 15 is 0 Å². The molecule has 132 valence electrons. The largest absolute Gasteiger partial charge is 0.418 e. The van der Waals surface area contributed by atoms with Gasteiger partial charge in [0, 0.05) is 23.2 Å². The quantitative estimate of drug-likeness (QED) is 0.802. The molecule has 0 aliphatic heterocycles. The number of nitrogens with zero attached hydrogens (tertiary/aromatic N) is 1. The van der Waals surface area contributed by atoms with E-state index in [0.717, 1.165) is 18.3 Å². The van der Waals surface area contributed by atoms with E-state index in [9.17, 15) is 22.4 Å². The molecule has 0 saturated heterocycles. The maximum absolute atomic E-state index is 14.0. The SMILES string of the molecule is O=C(N[C@@H]1CC[C@@H]1c1ccc(Cl)cc1F)c1ncccc1C(F)(F)F. The third-order valence-electron chi connectivity index (χ3n) is 4.28. The summed E-state index contributed by atoms with van der Waals surface area (Å²) in [6.07, 6.45) is -2.38. The fourth-order valence-corrected chi connectivity index (χ4v) is 3.06. The molecule has 8 heteroatoms. The topological polar surface area (TPSA) is 42.0 Å². The number of rotatable bonds is 3. The molecule has 25 heavy (non-hydrogen) atoms. The highest BCUT2D eigenvalue weighted by Crippen LogP contribution is 2.39. The third-order valence-corrected chi connectivity index (χ3v) is 4.52. The number of halogens is 5. The molecule has 1 heterocycles. The minimum Gasteiger partial charge on any atom is -0.347 e. The first-order valence-corrected chi connectivity index (χ1v) is 7.93. The number of benzene rings is 1. The smallest absolute Gasteiger partial charge is 0.347 e. The third kappa shape index (κ3) is 3.61. The highest BCUT2D eigenvalue weighted by molar-refractivity contribution is 6.30. The number of hydrogen-bond acceptors (Lipinski definition) is 2. The molecule has 1 amide bonds. The van der Waals surface area contributed by atoms with Gasteiger partial charge >= 0.3 is 6.18 Å². The van der Waals surface area contributed by atoms with Gasteiger partial charge in [-0.15, -0.1) is 0 Å².